The molecule has 2 N–H and O–H groups in total. The summed E-state index contributed by atoms with van der Waals surface area (Å²) in [7, 11) is 0. The molecule has 2 rings (SSSR count). The number of benzene rings is 1. The minimum atomic E-state index is -0.489. The Kier molecular flexibility index (Phi) is 3.99. The van der Waals surface area contributed by atoms with Crippen LogP contribution in [-0.4, -0.2) is 23.7 Å². The number of aliphatic hydroxyl groups excluding tert-OH is 1. The van der Waals surface area contributed by atoms with Gasteiger partial charge in [-0.3, -0.25) is 4.79 Å². The summed E-state index contributed by atoms with van der Waals surface area (Å²) in [6.07, 6.45) is 2.54. The Labute approximate surface area is 106 Å². The van der Waals surface area contributed by atoms with Crippen LogP contribution in [0.4, 0.5) is 0 Å². The van der Waals surface area contributed by atoms with Crippen LogP contribution in [0.5, 0.6) is 0 Å². The second kappa shape index (κ2) is 5.69. The number of carbonyl (C=O) groups is 1. The van der Waals surface area contributed by atoms with E-state index < -0.39 is 6.10 Å². The maximum absolute atomic E-state index is 11.9. The third kappa shape index (κ3) is 2.71. The topological polar surface area (TPSA) is 62.5 Å². The second-order valence-electron chi connectivity index (χ2n) is 4.30. The van der Waals surface area contributed by atoms with Crippen molar-refractivity contribution < 1.29 is 14.3 Å². The molecular weight excluding hydrogens is 230 g/mol. The molecule has 0 saturated heterocycles. The fourth-order valence-corrected chi connectivity index (χ4v) is 1.89. The van der Waals surface area contributed by atoms with Crippen molar-refractivity contribution in [1.82, 2.24) is 5.32 Å². The van der Waals surface area contributed by atoms with E-state index in [-0.39, 0.29) is 12.5 Å². The normalized spacial score (nSPS) is 12.6. The van der Waals surface area contributed by atoms with Gasteiger partial charge in [-0.25, -0.2) is 0 Å². The summed E-state index contributed by atoms with van der Waals surface area (Å²) in [5, 5.41) is 13.1. The van der Waals surface area contributed by atoms with Crippen LogP contribution in [0.15, 0.2) is 34.9 Å². The summed E-state index contributed by atoms with van der Waals surface area (Å²) in [6, 6.07) is 7.38. The first kappa shape index (κ1) is 12.6. The first-order valence-corrected chi connectivity index (χ1v) is 6.15. The highest BCUT2D eigenvalue weighted by Gasteiger charge is 2.14. The molecule has 2 aromatic rings. The van der Waals surface area contributed by atoms with Crippen LogP contribution < -0.4 is 5.32 Å². The molecule has 1 atom stereocenters. The molecule has 0 aliphatic rings. The molecule has 1 unspecified atom stereocenters. The van der Waals surface area contributed by atoms with Crippen molar-refractivity contribution >= 4 is 16.9 Å². The molecule has 0 radical (unpaired) electrons. The second-order valence-corrected chi connectivity index (χ2v) is 4.30. The van der Waals surface area contributed by atoms with Crippen molar-refractivity contribution in [3.05, 3.63) is 36.1 Å². The molecule has 0 saturated carbocycles. The van der Waals surface area contributed by atoms with Gasteiger partial charge in [0.05, 0.1) is 11.7 Å². The number of para-hydroxylation sites is 1. The molecule has 0 fully saturated rings. The van der Waals surface area contributed by atoms with Gasteiger partial charge in [0.25, 0.3) is 5.91 Å². The summed E-state index contributed by atoms with van der Waals surface area (Å²) in [5.41, 5.74) is 1.20. The van der Waals surface area contributed by atoms with Crippen molar-refractivity contribution in [2.24, 2.45) is 0 Å². The molecule has 1 aromatic heterocycles. The van der Waals surface area contributed by atoms with Gasteiger partial charge >= 0.3 is 0 Å². The molecule has 0 aliphatic carbocycles. The van der Waals surface area contributed by atoms with E-state index in [1.807, 2.05) is 31.2 Å². The number of aliphatic hydroxyl groups is 1. The first-order valence-electron chi connectivity index (χ1n) is 6.15. The van der Waals surface area contributed by atoms with E-state index in [2.05, 4.69) is 5.32 Å². The van der Waals surface area contributed by atoms with E-state index in [0.717, 1.165) is 11.8 Å². The molecule has 1 heterocycles. The zero-order valence-corrected chi connectivity index (χ0v) is 10.3. The molecule has 4 nitrogen and oxygen atoms in total. The van der Waals surface area contributed by atoms with Crippen molar-refractivity contribution in [3.8, 4) is 0 Å². The molecule has 18 heavy (non-hydrogen) atoms. The van der Waals surface area contributed by atoms with E-state index in [1.54, 1.807) is 0 Å². The molecule has 0 spiro atoms. The average molecular weight is 247 g/mol. The maximum atomic E-state index is 11.9. The van der Waals surface area contributed by atoms with Gasteiger partial charge in [-0.05, 0) is 12.5 Å². The lowest BCUT2D eigenvalue weighted by Gasteiger charge is -2.09. The Balaban J connectivity index is 2.05. The van der Waals surface area contributed by atoms with Gasteiger partial charge in [0, 0.05) is 11.9 Å². The van der Waals surface area contributed by atoms with Gasteiger partial charge in [-0.1, -0.05) is 31.5 Å². The minimum Gasteiger partial charge on any atom is -0.463 e. The number of fused-ring (bicyclic) bond motifs is 1. The largest absolute Gasteiger partial charge is 0.463 e. The highest BCUT2D eigenvalue weighted by Crippen LogP contribution is 2.20. The Morgan fingerprint density at radius 1 is 1.44 bits per heavy atom. The lowest BCUT2D eigenvalue weighted by atomic mass is 10.1. The fraction of sp³-hybridized carbons (Fsp3) is 0.357. The molecule has 1 aromatic carbocycles. The zero-order valence-electron chi connectivity index (χ0n) is 10.3. The number of rotatable bonds is 5. The highest BCUT2D eigenvalue weighted by molar-refractivity contribution is 6.05. The van der Waals surface area contributed by atoms with E-state index >= 15 is 0 Å². The third-order valence-corrected chi connectivity index (χ3v) is 2.85. The van der Waals surface area contributed by atoms with Crippen molar-refractivity contribution in [2.45, 2.75) is 25.9 Å². The Morgan fingerprint density at radius 2 is 2.22 bits per heavy atom. The Morgan fingerprint density at radius 3 is 3.00 bits per heavy atom. The van der Waals surface area contributed by atoms with Gasteiger partial charge in [-0.15, -0.1) is 0 Å². The number of carbonyl (C=O) groups excluding carboxylic acids is 1. The van der Waals surface area contributed by atoms with Gasteiger partial charge in [-0.2, -0.15) is 0 Å². The van der Waals surface area contributed by atoms with Crippen molar-refractivity contribution in [2.75, 3.05) is 6.54 Å². The number of furan rings is 1. The molecular formula is C14H17NO3. The fourth-order valence-electron chi connectivity index (χ4n) is 1.89. The van der Waals surface area contributed by atoms with Gasteiger partial charge in [0.2, 0.25) is 0 Å². The molecule has 4 heteroatoms. The molecule has 1 amide bonds. The van der Waals surface area contributed by atoms with Crippen LogP contribution in [-0.2, 0) is 0 Å². The van der Waals surface area contributed by atoms with E-state index in [9.17, 15) is 9.90 Å². The van der Waals surface area contributed by atoms with Crippen LogP contribution in [0.2, 0.25) is 0 Å². The van der Waals surface area contributed by atoms with Crippen LogP contribution in [0.1, 0.15) is 30.1 Å². The SMILES string of the molecule is CCCC(O)CNC(=O)c1coc2ccccc12. The smallest absolute Gasteiger partial charge is 0.255 e. The standard InChI is InChI=1S/C14H17NO3/c1-2-5-10(16)8-15-14(17)12-9-18-13-7-4-3-6-11(12)13/h3-4,6-7,9-10,16H,2,5,8H2,1H3,(H,15,17). The summed E-state index contributed by atoms with van der Waals surface area (Å²) in [6.45, 7) is 2.26. The van der Waals surface area contributed by atoms with Crippen LogP contribution in [0, 0.1) is 0 Å². The molecule has 96 valence electrons. The third-order valence-electron chi connectivity index (χ3n) is 2.85. The van der Waals surface area contributed by atoms with Crippen LogP contribution >= 0.6 is 0 Å². The molecule has 0 bridgehead atoms. The molecule has 0 aliphatic heterocycles. The number of hydrogen-bond acceptors (Lipinski definition) is 3. The first-order chi connectivity index (χ1) is 8.72. The summed E-state index contributed by atoms with van der Waals surface area (Å²) < 4.78 is 5.30. The van der Waals surface area contributed by atoms with E-state index in [1.165, 1.54) is 6.26 Å². The summed E-state index contributed by atoms with van der Waals surface area (Å²) in [4.78, 5) is 11.9. The lowest BCUT2D eigenvalue weighted by Crippen LogP contribution is -2.31. The Hall–Kier alpha value is -1.81. The predicted octanol–water partition coefficient (Wildman–Crippen LogP) is 2.32. The van der Waals surface area contributed by atoms with Gasteiger partial charge in [0.1, 0.15) is 11.8 Å². The van der Waals surface area contributed by atoms with E-state index in [0.29, 0.717) is 17.6 Å². The Bertz CT molecular complexity index is 533. The quantitative estimate of drug-likeness (QED) is 0.852. The predicted molar refractivity (Wildman–Crippen MR) is 69.5 cm³/mol. The minimum absolute atomic E-state index is 0.213. The van der Waals surface area contributed by atoms with E-state index in [4.69, 9.17) is 4.42 Å². The van der Waals surface area contributed by atoms with Gasteiger partial charge in [0.15, 0.2) is 0 Å². The van der Waals surface area contributed by atoms with Crippen molar-refractivity contribution in [1.29, 1.82) is 0 Å². The average Bonchev–Trinajstić information content (AvgIpc) is 2.80. The summed E-state index contributed by atoms with van der Waals surface area (Å²) >= 11 is 0. The van der Waals surface area contributed by atoms with Crippen molar-refractivity contribution in [3.63, 3.8) is 0 Å². The van der Waals surface area contributed by atoms with Crippen LogP contribution in [0.3, 0.4) is 0 Å². The lowest BCUT2D eigenvalue weighted by molar-refractivity contribution is 0.0911. The highest BCUT2D eigenvalue weighted by atomic mass is 16.3. The zero-order chi connectivity index (χ0) is 13.0. The number of hydrogen-bond donors (Lipinski definition) is 2. The van der Waals surface area contributed by atoms with Crippen LogP contribution in [0.25, 0.3) is 11.0 Å². The monoisotopic (exact) mass is 247 g/mol. The number of nitrogens with one attached hydrogen (secondary N) is 1. The number of amides is 1. The maximum Gasteiger partial charge on any atom is 0.255 e. The van der Waals surface area contributed by atoms with Gasteiger partial charge < -0.3 is 14.8 Å². The summed E-state index contributed by atoms with van der Waals surface area (Å²) in [5.74, 6) is -0.213.